The number of carbonyl (C=O) groups excluding carboxylic acids is 2. The van der Waals surface area contributed by atoms with Crippen molar-refractivity contribution in [2.24, 2.45) is 0 Å². The van der Waals surface area contributed by atoms with E-state index in [0.717, 1.165) is 39.8 Å². The topological polar surface area (TPSA) is 58.6 Å². The molecule has 0 unspecified atom stereocenters. The van der Waals surface area contributed by atoms with Crippen molar-refractivity contribution in [3.05, 3.63) is 51.5 Å². The fraction of sp³-hybridized carbons (Fsp3) is 0.333. The van der Waals surface area contributed by atoms with E-state index in [9.17, 15) is 9.59 Å². The van der Waals surface area contributed by atoms with Gasteiger partial charge in [-0.05, 0) is 73.2 Å². The quantitative estimate of drug-likeness (QED) is 0.803. The molecule has 1 N–H and O–H groups in total. The van der Waals surface area contributed by atoms with Crippen LogP contribution in [0.5, 0.6) is 5.75 Å². The smallest absolute Gasteiger partial charge is 0.264 e. The number of benzene rings is 2. The van der Waals surface area contributed by atoms with Crippen molar-refractivity contribution in [1.82, 2.24) is 0 Å². The van der Waals surface area contributed by atoms with E-state index in [1.807, 2.05) is 30.0 Å². The lowest BCUT2D eigenvalue weighted by Crippen LogP contribution is -2.39. The van der Waals surface area contributed by atoms with Gasteiger partial charge in [-0.2, -0.15) is 0 Å². The van der Waals surface area contributed by atoms with Crippen LogP contribution in [0, 0.1) is 6.92 Å². The van der Waals surface area contributed by atoms with Crippen molar-refractivity contribution in [3.63, 3.8) is 0 Å². The van der Waals surface area contributed by atoms with Gasteiger partial charge in [0, 0.05) is 28.8 Å². The second-order valence-electron chi connectivity index (χ2n) is 7.04. The first-order chi connectivity index (χ1) is 13.0. The number of carbonyl (C=O) groups is 2. The molecule has 140 valence electrons. The molecule has 2 aliphatic rings. The average molecular weight is 429 g/mol. The maximum Gasteiger partial charge on any atom is 0.264 e. The summed E-state index contributed by atoms with van der Waals surface area (Å²) in [6, 6.07) is 9.69. The minimum atomic E-state index is -0.0348. The van der Waals surface area contributed by atoms with Crippen LogP contribution in [-0.2, 0) is 22.4 Å². The lowest BCUT2D eigenvalue weighted by molar-refractivity contribution is -0.120. The number of amides is 2. The molecule has 2 heterocycles. The summed E-state index contributed by atoms with van der Waals surface area (Å²) in [5.41, 5.74) is 5.19. The van der Waals surface area contributed by atoms with Crippen molar-refractivity contribution < 1.29 is 14.3 Å². The van der Waals surface area contributed by atoms with Gasteiger partial charge >= 0.3 is 0 Å². The Morgan fingerprint density at radius 1 is 1.19 bits per heavy atom. The van der Waals surface area contributed by atoms with Crippen LogP contribution < -0.4 is 15.0 Å². The van der Waals surface area contributed by atoms with E-state index >= 15 is 0 Å². The second-order valence-corrected chi connectivity index (χ2v) is 7.95. The number of halogens is 1. The third-order valence-electron chi connectivity index (χ3n) is 5.08. The third-order valence-corrected chi connectivity index (χ3v) is 5.54. The summed E-state index contributed by atoms with van der Waals surface area (Å²) in [6.45, 7) is 2.75. The van der Waals surface area contributed by atoms with Crippen LogP contribution in [0.4, 0.5) is 11.4 Å². The zero-order valence-corrected chi connectivity index (χ0v) is 16.8. The molecule has 4 rings (SSSR count). The molecule has 0 saturated heterocycles. The molecule has 0 bridgehead atoms. The van der Waals surface area contributed by atoms with Gasteiger partial charge in [-0.3, -0.25) is 9.59 Å². The van der Waals surface area contributed by atoms with Gasteiger partial charge in [0.25, 0.3) is 5.91 Å². The molecule has 5 nitrogen and oxygen atoms in total. The third kappa shape index (κ3) is 3.72. The molecule has 2 amide bonds. The highest BCUT2D eigenvalue weighted by Crippen LogP contribution is 2.34. The Kier molecular flexibility index (Phi) is 4.91. The predicted molar refractivity (Wildman–Crippen MR) is 108 cm³/mol. The van der Waals surface area contributed by atoms with Crippen molar-refractivity contribution in [1.29, 1.82) is 0 Å². The minimum Gasteiger partial charge on any atom is -0.484 e. The van der Waals surface area contributed by atoms with Crippen molar-refractivity contribution in [3.8, 4) is 5.75 Å². The number of fused-ring (bicyclic) bond motifs is 2. The molecule has 6 heteroatoms. The van der Waals surface area contributed by atoms with E-state index in [-0.39, 0.29) is 18.4 Å². The van der Waals surface area contributed by atoms with Crippen LogP contribution in [0.3, 0.4) is 0 Å². The Morgan fingerprint density at radius 3 is 2.89 bits per heavy atom. The van der Waals surface area contributed by atoms with E-state index in [1.165, 1.54) is 5.56 Å². The Balaban J connectivity index is 1.48. The number of hydrogen-bond acceptors (Lipinski definition) is 3. The van der Waals surface area contributed by atoms with Gasteiger partial charge in [0.2, 0.25) is 5.91 Å². The van der Waals surface area contributed by atoms with Crippen LogP contribution in [-0.4, -0.2) is 25.0 Å². The van der Waals surface area contributed by atoms with Crippen molar-refractivity contribution in [2.45, 2.75) is 32.6 Å². The fourth-order valence-corrected chi connectivity index (χ4v) is 4.46. The van der Waals surface area contributed by atoms with Crippen molar-refractivity contribution in [2.75, 3.05) is 23.4 Å². The molecular weight excluding hydrogens is 408 g/mol. The first-order valence-corrected chi connectivity index (χ1v) is 9.95. The summed E-state index contributed by atoms with van der Waals surface area (Å²) >= 11 is 3.54. The van der Waals surface area contributed by atoms with Crippen LogP contribution in [0.25, 0.3) is 0 Å². The zero-order valence-electron chi connectivity index (χ0n) is 15.2. The number of ether oxygens (including phenoxy) is 1. The van der Waals surface area contributed by atoms with E-state index < -0.39 is 0 Å². The molecule has 0 aliphatic carbocycles. The Bertz CT molecular complexity index is 926. The summed E-state index contributed by atoms with van der Waals surface area (Å²) in [5, 5.41) is 2.85. The highest BCUT2D eigenvalue weighted by atomic mass is 79.9. The predicted octanol–water partition coefficient (Wildman–Crippen LogP) is 4.00. The van der Waals surface area contributed by atoms with Gasteiger partial charge < -0.3 is 15.0 Å². The van der Waals surface area contributed by atoms with E-state index in [0.29, 0.717) is 25.1 Å². The molecule has 0 spiro atoms. The molecule has 0 saturated carbocycles. The summed E-state index contributed by atoms with van der Waals surface area (Å²) < 4.78 is 6.83. The first kappa shape index (κ1) is 18.0. The molecule has 2 aromatic rings. The number of anilines is 2. The van der Waals surface area contributed by atoms with E-state index in [2.05, 4.69) is 27.3 Å². The Morgan fingerprint density at radius 2 is 2.04 bits per heavy atom. The van der Waals surface area contributed by atoms with Crippen molar-refractivity contribution >= 4 is 39.1 Å². The monoisotopic (exact) mass is 428 g/mol. The van der Waals surface area contributed by atoms with Gasteiger partial charge in [0.05, 0.1) is 0 Å². The SMILES string of the molecule is Cc1cc(Br)cc2c1N(C(=O)COc1ccc3c(c1)CCC(=O)N3)CCC2. The van der Waals surface area contributed by atoms with Crippen LogP contribution >= 0.6 is 15.9 Å². The first-order valence-electron chi connectivity index (χ1n) is 9.16. The largest absolute Gasteiger partial charge is 0.484 e. The van der Waals surface area contributed by atoms with Gasteiger partial charge in [-0.25, -0.2) is 0 Å². The minimum absolute atomic E-state index is 0.0000890. The number of aryl methyl sites for hydroxylation is 3. The van der Waals surface area contributed by atoms with Crippen LogP contribution in [0.15, 0.2) is 34.8 Å². The van der Waals surface area contributed by atoms with Gasteiger partial charge in [-0.15, -0.1) is 0 Å². The highest BCUT2D eigenvalue weighted by molar-refractivity contribution is 9.10. The molecule has 0 atom stereocenters. The zero-order chi connectivity index (χ0) is 19.0. The molecule has 0 fully saturated rings. The maximum atomic E-state index is 12.8. The van der Waals surface area contributed by atoms with E-state index in [4.69, 9.17) is 4.74 Å². The second kappa shape index (κ2) is 7.35. The lowest BCUT2D eigenvalue weighted by Gasteiger charge is -2.31. The number of nitrogens with one attached hydrogen (secondary N) is 1. The van der Waals surface area contributed by atoms with Crippen LogP contribution in [0.2, 0.25) is 0 Å². The van der Waals surface area contributed by atoms with Gasteiger partial charge in [-0.1, -0.05) is 15.9 Å². The molecular formula is C21H21BrN2O3. The fourth-order valence-electron chi connectivity index (χ4n) is 3.84. The normalized spacial score (nSPS) is 15.6. The average Bonchev–Trinajstić information content (AvgIpc) is 2.65. The summed E-state index contributed by atoms with van der Waals surface area (Å²) in [5.74, 6) is 0.660. The molecule has 0 radical (unpaired) electrons. The van der Waals surface area contributed by atoms with Gasteiger partial charge in [0.15, 0.2) is 6.61 Å². The standard InChI is InChI=1S/C21H21BrN2O3/c1-13-9-16(22)10-15-3-2-8-24(21(13)15)20(26)12-27-17-5-6-18-14(11-17)4-7-19(25)23-18/h5-6,9-11H,2-4,7-8,12H2,1H3,(H,23,25). The molecule has 0 aromatic heterocycles. The number of rotatable bonds is 3. The highest BCUT2D eigenvalue weighted by Gasteiger charge is 2.25. The van der Waals surface area contributed by atoms with Crippen LogP contribution in [0.1, 0.15) is 29.5 Å². The summed E-state index contributed by atoms with van der Waals surface area (Å²) in [4.78, 5) is 26.1. The number of hydrogen-bond donors (Lipinski definition) is 1. The number of nitrogens with zero attached hydrogens (tertiary/aromatic N) is 1. The summed E-state index contributed by atoms with van der Waals surface area (Å²) in [7, 11) is 0. The van der Waals surface area contributed by atoms with E-state index in [1.54, 1.807) is 6.07 Å². The molecule has 2 aliphatic heterocycles. The molecule has 2 aromatic carbocycles. The molecule has 27 heavy (non-hydrogen) atoms. The Labute approximate surface area is 166 Å². The Hall–Kier alpha value is -2.34. The van der Waals surface area contributed by atoms with Gasteiger partial charge in [0.1, 0.15) is 5.75 Å². The maximum absolute atomic E-state index is 12.8. The lowest BCUT2D eigenvalue weighted by atomic mass is 9.98. The summed E-state index contributed by atoms with van der Waals surface area (Å²) in [6.07, 6.45) is 3.11.